The van der Waals surface area contributed by atoms with Crippen LogP contribution >= 0.6 is 0 Å². The second-order valence-electron chi connectivity index (χ2n) is 6.81. The molecule has 6 aromatic heterocycles. The van der Waals surface area contributed by atoms with Gasteiger partial charge in [-0.1, -0.05) is 6.07 Å². The van der Waals surface area contributed by atoms with Gasteiger partial charge >= 0.3 is 0 Å². The van der Waals surface area contributed by atoms with Crippen LogP contribution in [0.3, 0.4) is 0 Å². The van der Waals surface area contributed by atoms with E-state index in [1.165, 1.54) is 6.33 Å². The molecule has 0 amide bonds. The predicted molar refractivity (Wildman–Crippen MR) is 113 cm³/mol. The lowest BCUT2D eigenvalue weighted by molar-refractivity contribution is 1.12. The number of rotatable bonds is 3. The Labute approximate surface area is 170 Å². The van der Waals surface area contributed by atoms with Crippen LogP contribution in [0.25, 0.3) is 56.0 Å². The van der Waals surface area contributed by atoms with Gasteiger partial charge < -0.3 is 4.98 Å². The zero-order valence-corrected chi connectivity index (χ0v) is 15.6. The first-order valence-corrected chi connectivity index (χ1v) is 9.37. The molecule has 142 valence electrons. The highest BCUT2D eigenvalue weighted by Crippen LogP contribution is 2.32. The standard InChI is InChI=1S/C22H14N8/c1-2-7-25-17(3-1)20-14-9-19(27-16(14)6-8-26-20)22-21-18(29-30-22)5-4-15(28-21)13-10-23-12-24-11-13/h1-12,27H,(H,29,30). The Hall–Kier alpha value is -4.46. The normalized spacial score (nSPS) is 11.3. The Bertz CT molecular complexity index is 1490. The lowest BCUT2D eigenvalue weighted by Crippen LogP contribution is -1.87. The minimum absolute atomic E-state index is 0.742. The number of aromatic amines is 2. The van der Waals surface area contributed by atoms with Gasteiger partial charge in [-0.2, -0.15) is 5.10 Å². The molecule has 8 heteroatoms. The third-order valence-electron chi connectivity index (χ3n) is 4.97. The maximum absolute atomic E-state index is 4.81. The van der Waals surface area contributed by atoms with Crippen molar-refractivity contribution in [3.8, 4) is 34.0 Å². The van der Waals surface area contributed by atoms with Gasteiger partial charge in [0, 0.05) is 41.3 Å². The molecule has 0 radical (unpaired) electrons. The molecule has 0 aromatic carbocycles. The average molecular weight is 390 g/mol. The molecule has 8 nitrogen and oxygen atoms in total. The molecule has 0 atom stereocenters. The lowest BCUT2D eigenvalue weighted by Gasteiger charge is -2.00. The number of aromatic nitrogens is 8. The van der Waals surface area contributed by atoms with Crippen molar-refractivity contribution < 1.29 is 0 Å². The number of hydrogen-bond donors (Lipinski definition) is 2. The summed E-state index contributed by atoms with van der Waals surface area (Å²) < 4.78 is 0. The van der Waals surface area contributed by atoms with Gasteiger partial charge in [-0.05, 0) is 36.4 Å². The van der Waals surface area contributed by atoms with Crippen molar-refractivity contribution in [2.75, 3.05) is 0 Å². The molecule has 2 N–H and O–H groups in total. The van der Waals surface area contributed by atoms with Crippen LogP contribution in [0.1, 0.15) is 0 Å². The van der Waals surface area contributed by atoms with E-state index in [0.717, 1.165) is 56.0 Å². The maximum atomic E-state index is 4.81. The van der Waals surface area contributed by atoms with E-state index in [2.05, 4.69) is 35.1 Å². The van der Waals surface area contributed by atoms with Crippen LogP contribution in [0, 0.1) is 0 Å². The summed E-state index contributed by atoms with van der Waals surface area (Å²) in [6.07, 6.45) is 8.54. The summed E-state index contributed by atoms with van der Waals surface area (Å²) in [7, 11) is 0. The van der Waals surface area contributed by atoms with E-state index >= 15 is 0 Å². The summed E-state index contributed by atoms with van der Waals surface area (Å²) in [6, 6.07) is 13.7. The summed E-state index contributed by atoms with van der Waals surface area (Å²) in [5, 5.41) is 8.56. The first-order valence-electron chi connectivity index (χ1n) is 9.37. The minimum Gasteiger partial charge on any atom is -0.353 e. The lowest BCUT2D eigenvalue weighted by atomic mass is 10.1. The third kappa shape index (κ3) is 2.62. The zero-order valence-electron chi connectivity index (χ0n) is 15.6. The Morgan fingerprint density at radius 1 is 0.767 bits per heavy atom. The van der Waals surface area contributed by atoms with Gasteiger partial charge in [0.15, 0.2) is 0 Å². The summed E-state index contributed by atoms with van der Waals surface area (Å²) >= 11 is 0. The van der Waals surface area contributed by atoms with E-state index in [1.807, 2.05) is 42.5 Å². The fraction of sp³-hybridized carbons (Fsp3) is 0. The molecule has 6 heterocycles. The molecule has 0 aliphatic heterocycles. The monoisotopic (exact) mass is 390 g/mol. The zero-order chi connectivity index (χ0) is 19.9. The molecular weight excluding hydrogens is 376 g/mol. The Morgan fingerprint density at radius 2 is 1.70 bits per heavy atom. The molecule has 0 fully saturated rings. The highest BCUT2D eigenvalue weighted by Gasteiger charge is 2.16. The van der Waals surface area contributed by atoms with Gasteiger partial charge in [-0.25, -0.2) is 15.0 Å². The molecule has 0 saturated carbocycles. The van der Waals surface area contributed by atoms with E-state index in [4.69, 9.17) is 4.98 Å². The van der Waals surface area contributed by atoms with Crippen LogP contribution in [0.4, 0.5) is 0 Å². The van der Waals surface area contributed by atoms with E-state index in [-0.39, 0.29) is 0 Å². The molecule has 0 saturated heterocycles. The average Bonchev–Trinajstić information content (AvgIpc) is 3.43. The van der Waals surface area contributed by atoms with E-state index < -0.39 is 0 Å². The second-order valence-corrected chi connectivity index (χ2v) is 6.81. The van der Waals surface area contributed by atoms with E-state index in [9.17, 15) is 0 Å². The number of H-pyrrole nitrogens is 2. The molecule has 6 aromatic rings. The van der Waals surface area contributed by atoms with Gasteiger partial charge in [0.05, 0.1) is 28.3 Å². The molecule has 6 rings (SSSR count). The Morgan fingerprint density at radius 3 is 2.57 bits per heavy atom. The number of nitrogens with zero attached hydrogens (tertiary/aromatic N) is 6. The number of hydrogen-bond acceptors (Lipinski definition) is 6. The van der Waals surface area contributed by atoms with Crippen molar-refractivity contribution in [1.29, 1.82) is 0 Å². The van der Waals surface area contributed by atoms with Crippen LogP contribution in [0.5, 0.6) is 0 Å². The van der Waals surface area contributed by atoms with Crippen LogP contribution in [0.2, 0.25) is 0 Å². The second kappa shape index (κ2) is 6.56. The van der Waals surface area contributed by atoms with Gasteiger partial charge in [0.2, 0.25) is 0 Å². The Kier molecular flexibility index (Phi) is 3.60. The summed E-state index contributed by atoms with van der Waals surface area (Å²) in [5.41, 5.74) is 7.48. The fourth-order valence-corrected chi connectivity index (χ4v) is 3.57. The number of fused-ring (bicyclic) bond motifs is 2. The molecule has 0 aliphatic carbocycles. The fourth-order valence-electron chi connectivity index (χ4n) is 3.57. The van der Waals surface area contributed by atoms with Crippen molar-refractivity contribution in [3.63, 3.8) is 0 Å². The van der Waals surface area contributed by atoms with Crippen molar-refractivity contribution in [2.45, 2.75) is 0 Å². The molecule has 0 unspecified atom stereocenters. The van der Waals surface area contributed by atoms with Crippen molar-refractivity contribution in [1.82, 2.24) is 40.1 Å². The largest absolute Gasteiger partial charge is 0.353 e. The van der Waals surface area contributed by atoms with Gasteiger partial charge in [-0.15, -0.1) is 0 Å². The maximum Gasteiger partial charge on any atom is 0.135 e. The van der Waals surface area contributed by atoms with Crippen LogP contribution in [-0.4, -0.2) is 40.1 Å². The molecule has 0 spiro atoms. The minimum atomic E-state index is 0.742. The highest BCUT2D eigenvalue weighted by atomic mass is 15.1. The van der Waals surface area contributed by atoms with Crippen LogP contribution < -0.4 is 0 Å². The molecular formula is C22H14N8. The van der Waals surface area contributed by atoms with Gasteiger partial charge in [-0.3, -0.25) is 15.1 Å². The summed E-state index contributed by atoms with van der Waals surface area (Å²) in [6.45, 7) is 0. The summed E-state index contributed by atoms with van der Waals surface area (Å²) in [5.74, 6) is 0. The van der Waals surface area contributed by atoms with E-state index in [1.54, 1.807) is 24.8 Å². The van der Waals surface area contributed by atoms with Crippen LogP contribution in [0.15, 0.2) is 73.6 Å². The van der Waals surface area contributed by atoms with Crippen molar-refractivity contribution in [3.05, 3.63) is 73.6 Å². The first-order chi connectivity index (χ1) is 14.9. The van der Waals surface area contributed by atoms with Crippen molar-refractivity contribution >= 4 is 21.9 Å². The summed E-state index contributed by atoms with van der Waals surface area (Å²) in [4.78, 5) is 25.4. The highest BCUT2D eigenvalue weighted by molar-refractivity contribution is 5.98. The predicted octanol–water partition coefficient (Wildman–Crippen LogP) is 4.02. The first kappa shape index (κ1) is 16.5. The van der Waals surface area contributed by atoms with Crippen LogP contribution in [-0.2, 0) is 0 Å². The smallest absolute Gasteiger partial charge is 0.135 e. The van der Waals surface area contributed by atoms with Gasteiger partial charge in [0.1, 0.15) is 17.5 Å². The van der Waals surface area contributed by atoms with Crippen molar-refractivity contribution in [2.24, 2.45) is 0 Å². The molecule has 30 heavy (non-hydrogen) atoms. The number of pyridine rings is 3. The third-order valence-corrected chi connectivity index (χ3v) is 4.97. The quantitative estimate of drug-likeness (QED) is 0.472. The molecule has 0 bridgehead atoms. The Balaban J connectivity index is 1.52. The molecule has 0 aliphatic rings. The van der Waals surface area contributed by atoms with E-state index in [0.29, 0.717) is 0 Å². The SMILES string of the molecule is c1ccc(-c2nccc3[nH]c(-c4n[nH]c5ccc(-c6cncnc6)nc45)cc23)nc1. The number of nitrogens with one attached hydrogen (secondary N) is 2. The van der Waals surface area contributed by atoms with Gasteiger partial charge in [0.25, 0.3) is 0 Å². The topological polar surface area (TPSA) is 109 Å².